The largest absolute Gasteiger partial charge is 0.355 e. The second-order valence-electron chi connectivity index (χ2n) is 1.99. The smallest absolute Gasteiger partial charge is 0.207 e. The summed E-state index contributed by atoms with van der Waals surface area (Å²) in [6.07, 6.45) is 2.25. The Balaban J connectivity index is 2.63. The van der Waals surface area contributed by atoms with Gasteiger partial charge in [0, 0.05) is 12.7 Å². The molecule has 1 N–H and O–H groups in total. The Kier molecular flexibility index (Phi) is 2.86. The number of rotatable bonds is 3. The third-order valence-electron chi connectivity index (χ3n) is 1.18. The molecule has 4 heteroatoms. The van der Waals surface area contributed by atoms with Crippen LogP contribution in [0, 0.1) is 0 Å². The first-order valence-corrected chi connectivity index (χ1v) is 3.48. The number of halogens is 1. The number of carbonyl (C=O) groups excluding carboxylic acids is 1. The maximum Gasteiger partial charge on any atom is 0.207 e. The van der Waals surface area contributed by atoms with Gasteiger partial charge in [0.25, 0.3) is 0 Å². The number of amides is 1. The molecule has 0 saturated heterocycles. The van der Waals surface area contributed by atoms with Crippen LogP contribution in [0.4, 0.5) is 0 Å². The molecule has 0 unspecified atom stereocenters. The van der Waals surface area contributed by atoms with Gasteiger partial charge in [-0.1, -0.05) is 11.6 Å². The topological polar surface area (TPSA) is 42.0 Å². The Morgan fingerprint density at radius 1 is 1.73 bits per heavy atom. The summed E-state index contributed by atoms with van der Waals surface area (Å²) in [5.74, 6) is 0. The van der Waals surface area contributed by atoms with Crippen molar-refractivity contribution in [1.82, 2.24) is 10.3 Å². The lowest BCUT2D eigenvalue weighted by Crippen LogP contribution is -2.09. The highest BCUT2D eigenvalue weighted by Gasteiger charge is 1.92. The van der Waals surface area contributed by atoms with E-state index in [-0.39, 0.29) is 0 Å². The summed E-state index contributed by atoms with van der Waals surface area (Å²) in [4.78, 5) is 13.7. The van der Waals surface area contributed by atoms with Crippen LogP contribution in [0.5, 0.6) is 0 Å². The molecule has 11 heavy (non-hydrogen) atoms. The van der Waals surface area contributed by atoms with Crippen LogP contribution in [0.15, 0.2) is 18.3 Å². The zero-order chi connectivity index (χ0) is 8.10. The van der Waals surface area contributed by atoms with Crippen LogP contribution in [0.1, 0.15) is 5.56 Å². The lowest BCUT2D eigenvalue weighted by atomic mass is 10.3. The second kappa shape index (κ2) is 3.93. The van der Waals surface area contributed by atoms with Gasteiger partial charge in [0.05, 0.1) is 0 Å². The number of carbonyl (C=O) groups is 1. The molecule has 0 aromatic carbocycles. The van der Waals surface area contributed by atoms with Crippen LogP contribution in [0.25, 0.3) is 0 Å². The van der Waals surface area contributed by atoms with Crippen LogP contribution >= 0.6 is 11.6 Å². The van der Waals surface area contributed by atoms with Gasteiger partial charge in [0.2, 0.25) is 6.41 Å². The van der Waals surface area contributed by atoms with E-state index in [0.717, 1.165) is 5.56 Å². The molecule has 3 nitrogen and oxygen atoms in total. The first kappa shape index (κ1) is 8.01. The fraction of sp³-hybridized carbons (Fsp3) is 0.143. The average molecular weight is 171 g/mol. The normalized spacial score (nSPS) is 9.18. The van der Waals surface area contributed by atoms with Crippen molar-refractivity contribution in [2.75, 3.05) is 0 Å². The molecular weight excluding hydrogens is 164 g/mol. The van der Waals surface area contributed by atoms with E-state index >= 15 is 0 Å². The summed E-state index contributed by atoms with van der Waals surface area (Å²) in [5, 5.41) is 2.96. The molecule has 0 fully saturated rings. The predicted octanol–water partition coefficient (Wildman–Crippen LogP) is 0.981. The van der Waals surface area contributed by atoms with E-state index < -0.39 is 0 Å². The van der Waals surface area contributed by atoms with E-state index in [9.17, 15) is 4.79 Å². The highest BCUT2D eigenvalue weighted by molar-refractivity contribution is 6.29. The van der Waals surface area contributed by atoms with Crippen molar-refractivity contribution in [3.05, 3.63) is 29.0 Å². The highest BCUT2D eigenvalue weighted by Crippen LogP contribution is 2.05. The van der Waals surface area contributed by atoms with Crippen LogP contribution in [0.2, 0.25) is 5.15 Å². The van der Waals surface area contributed by atoms with Gasteiger partial charge in [0.15, 0.2) is 0 Å². The molecule has 0 bridgehead atoms. The maximum absolute atomic E-state index is 9.90. The third-order valence-corrected chi connectivity index (χ3v) is 1.39. The summed E-state index contributed by atoms with van der Waals surface area (Å²) >= 11 is 5.60. The van der Waals surface area contributed by atoms with Gasteiger partial charge >= 0.3 is 0 Å². The summed E-state index contributed by atoms with van der Waals surface area (Å²) < 4.78 is 0. The molecule has 0 radical (unpaired) electrons. The Bertz CT molecular complexity index is 252. The Morgan fingerprint density at radius 2 is 2.55 bits per heavy atom. The Morgan fingerprint density at radius 3 is 3.18 bits per heavy atom. The molecular formula is C7H7ClN2O. The molecule has 1 rings (SSSR count). The lowest BCUT2D eigenvalue weighted by molar-refractivity contribution is -0.109. The minimum absolute atomic E-state index is 0.440. The van der Waals surface area contributed by atoms with Crippen molar-refractivity contribution in [2.45, 2.75) is 6.54 Å². The van der Waals surface area contributed by atoms with E-state index in [1.165, 1.54) is 0 Å². The molecule has 0 atom stereocenters. The van der Waals surface area contributed by atoms with Gasteiger partial charge in [-0.25, -0.2) is 4.98 Å². The fourth-order valence-corrected chi connectivity index (χ4v) is 0.909. The lowest BCUT2D eigenvalue weighted by Gasteiger charge is -1.97. The van der Waals surface area contributed by atoms with Gasteiger partial charge in [-0.2, -0.15) is 0 Å². The second-order valence-corrected chi connectivity index (χ2v) is 2.37. The first-order valence-electron chi connectivity index (χ1n) is 3.10. The molecule has 0 spiro atoms. The van der Waals surface area contributed by atoms with Gasteiger partial charge in [-0.3, -0.25) is 4.79 Å². The van der Waals surface area contributed by atoms with Gasteiger partial charge in [-0.15, -0.1) is 0 Å². The zero-order valence-corrected chi connectivity index (χ0v) is 6.51. The van der Waals surface area contributed by atoms with Crippen LogP contribution < -0.4 is 5.32 Å². The van der Waals surface area contributed by atoms with Crippen molar-refractivity contribution >= 4 is 18.0 Å². The first-order chi connectivity index (χ1) is 5.33. The van der Waals surface area contributed by atoms with Gasteiger partial charge in [-0.05, 0) is 17.7 Å². The molecule has 1 aromatic heterocycles. The van der Waals surface area contributed by atoms with Crippen LogP contribution in [-0.4, -0.2) is 11.4 Å². The number of nitrogens with zero attached hydrogens (tertiary/aromatic N) is 1. The number of nitrogens with one attached hydrogen (secondary N) is 1. The van der Waals surface area contributed by atoms with Crippen molar-refractivity contribution in [1.29, 1.82) is 0 Å². The van der Waals surface area contributed by atoms with Gasteiger partial charge < -0.3 is 5.32 Å². The summed E-state index contributed by atoms with van der Waals surface area (Å²) in [7, 11) is 0. The summed E-state index contributed by atoms with van der Waals surface area (Å²) in [5.41, 5.74) is 0.942. The quantitative estimate of drug-likeness (QED) is 0.543. The van der Waals surface area contributed by atoms with Crippen molar-refractivity contribution < 1.29 is 4.79 Å². The predicted molar refractivity (Wildman–Crippen MR) is 42.2 cm³/mol. The van der Waals surface area contributed by atoms with Crippen molar-refractivity contribution in [3.8, 4) is 0 Å². The molecule has 0 aliphatic carbocycles. The van der Waals surface area contributed by atoms with E-state index in [1.54, 1.807) is 18.3 Å². The number of aromatic nitrogens is 1. The number of hydrogen-bond donors (Lipinski definition) is 1. The van der Waals surface area contributed by atoms with E-state index in [0.29, 0.717) is 18.1 Å². The molecule has 0 aliphatic heterocycles. The molecule has 1 heterocycles. The summed E-state index contributed by atoms with van der Waals surface area (Å²) in [6.45, 7) is 0.492. The SMILES string of the molecule is O=CNCc1ccnc(Cl)c1. The summed E-state index contributed by atoms with van der Waals surface area (Å²) in [6, 6.07) is 3.50. The minimum Gasteiger partial charge on any atom is -0.355 e. The zero-order valence-electron chi connectivity index (χ0n) is 5.75. The molecule has 0 saturated carbocycles. The van der Waals surface area contributed by atoms with E-state index in [2.05, 4.69) is 10.3 Å². The number of hydrogen-bond acceptors (Lipinski definition) is 2. The Hall–Kier alpha value is -1.09. The molecule has 1 amide bonds. The molecule has 1 aromatic rings. The standard InChI is InChI=1S/C7H7ClN2O/c8-7-3-6(1-2-10-7)4-9-5-11/h1-3,5H,4H2,(H,9,11). The minimum atomic E-state index is 0.440. The van der Waals surface area contributed by atoms with Crippen LogP contribution in [0.3, 0.4) is 0 Å². The van der Waals surface area contributed by atoms with Crippen LogP contribution in [-0.2, 0) is 11.3 Å². The van der Waals surface area contributed by atoms with E-state index in [4.69, 9.17) is 11.6 Å². The van der Waals surface area contributed by atoms with Crippen molar-refractivity contribution in [2.24, 2.45) is 0 Å². The third kappa shape index (κ3) is 2.55. The molecule has 58 valence electrons. The van der Waals surface area contributed by atoms with E-state index in [1.807, 2.05) is 0 Å². The fourth-order valence-electron chi connectivity index (χ4n) is 0.712. The monoisotopic (exact) mass is 170 g/mol. The number of pyridine rings is 1. The average Bonchev–Trinajstić information content (AvgIpc) is 2.01. The molecule has 0 aliphatic rings. The van der Waals surface area contributed by atoms with Gasteiger partial charge in [0.1, 0.15) is 5.15 Å². The maximum atomic E-state index is 9.90. The van der Waals surface area contributed by atoms with Crippen molar-refractivity contribution in [3.63, 3.8) is 0 Å². The Labute approximate surface area is 69.4 Å². The highest BCUT2D eigenvalue weighted by atomic mass is 35.5.